The maximum Gasteiger partial charge on any atom is 0.317 e. The van der Waals surface area contributed by atoms with Crippen molar-refractivity contribution in [2.45, 2.75) is 94.9 Å². The molecule has 30 heteroatoms. The second-order valence-corrected chi connectivity index (χ2v) is 23.8. The number of halogens is 3. The van der Waals surface area contributed by atoms with Crippen LogP contribution in [0.25, 0.3) is 0 Å². The number of hydrogen-bond acceptors (Lipinski definition) is 17. The van der Waals surface area contributed by atoms with Crippen LogP contribution in [0.5, 0.6) is 0 Å². The number of carbonyl (C=O) groups excluding carboxylic acids is 7. The number of rotatable bonds is 32. The molecule has 4 aliphatic heterocycles. The van der Waals surface area contributed by atoms with E-state index in [2.05, 4.69) is 49.2 Å². The van der Waals surface area contributed by atoms with Crippen molar-refractivity contribution in [3.8, 4) is 6.07 Å². The van der Waals surface area contributed by atoms with Crippen LogP contribution in [-0.2, 0) is 72.1 Å². The minimum atomic E-state index is -3.22. The highest BCUT2D eigenvalue weighted by molar-refractivity contribution is 14.1. The Morgan fingerprint density at radius 1 is 0.719 bits per heavy atom. The molecule has 3 fully saturated rings. The summed E-state index contributed by atoms with van der Waals surface area (Å²) < 4.78 is 40.5. The molecule has 8 N–H and O–H groups in total. The van der Waals surface area contributed by atoms with Gasteiger partial charge in [-0.3, -0.25) is 67.5 Å². The Bertz CT molecular complexity index is 2800. The van der Waals surface area contributed by atoms with E-state index < -0.39 is 96.3 Å². The maximum atomic E-state index is 14.0. The molecule has 488 valence electrons. The topological polar surface area (TPSA) is 353 Å². The second-order valence-electron chi connectivity index (χ2n) is 22.6. The highest BCUT2D eigenvalue weighted by Crippen LogP contribution is 2.34. The van der Waals surface area contributed by atoms with Crippen LogP contribution in [0, 0.1) is 20.8 Å². The number of amides is 7. The minimum absolute atomic E-state index is 0.0747. The van der Waals surface area contributed by atoms with Gasteiger partial charge in [0.25, 0.3) is 11.8 Å². The Balaban J connectivity index is 0.926. The van der Waals surface area contributed by atoms with Gasteiger partial charge < -0.3 is 61.2 Å². The van der Waals surface area contributed by atoms with Crippen molar-refractivity contribution < 1.29 is 81.5 Å². The average Bonchev–Trinajstić information content (AvgIpc) is 4.11. The van der Waals surface area contributed by atoms with Gasteiger partial charge in [0.05, 0.1) is 65.2 Å². The number of unbranched alkanes of at least 4 members (excludes halogenated alkanes) is 1. The molecule has 89 heavy (non-hydrogen) atoms. The first kappa shape index (κ1) is 71.1. The van der Waals surface area contributed by atoms with Crippen molar-refractivity contribution in [3.05, 3.63) is 68.3 Å². The van der Waals surface area contributed by atoms with Crippen molar-refractivity contribution in [2.24, 2.45) is 5.92 Å². The molecule has 4 heterocycles. The number of carboxylic acid groups (broad SMARTS) is 3. The lowest BCUT2D eigenvalue weighted by Gasteiger charge is -2.33. The highest BCUT2D eigenvalue weighted by atomic mass is 127. The molecule has 27 nitrogen and oxygen atoms in total. The van der Waals surface area contributed by atoms with Gasteiger partial charge >= 0.3 is 17.9 Å². The normalized spacial score (nSPS) is 19.6. The molecule has 7 amide bonds. The molecular formula is C59H81F2IN12O15. The Morgan fingerprint density at radius 3 is 1.89 bits per heavy atom. The predicted octanol–water partition coefficient (Wildman–Crippen LogP) is -0.0632. The Kier molecular flexibility index (Phi) is 28.7. The smallest absolute Gasteiger partial charge is 0.317 e. The summed E-state index contributed by atoms with van der Waals surface area (Å²) in [7, 11) is 0. The first-order valence-corrected chi connectivity index (χ1v) is 31.0. The van der Waals surface area contributed by atoms with Gasteiger partial charge in [0.15, 0.2) is 0 Å². The van der Waals surface area contributed by atoms with Crippen LogP contribution in [0.4, 0.5) is 8.78 Å². The molecule has 2 aromatic rings. The van der Waals surface area contributed by atoms with E-state index in [-0.39, 0.29) is 156 Å². The monoisotopic (exact) mass is 1360 g/mol. The summed E-state index contributed by atoms with van der Waals surface area (Å²) in [5, 5.41) is 52.0. The predicted molar refractivity (Wildman–Crippen MR) is 323 cm³/mol. The quantitative estimate of drug-likeness (QED) is 0.0351. The summed E-state index contributed by atoms with van der Waals surface area (Å²) >= 11 is 2.24. The number of aryl methyl sites for hydroxylation is 1. The molecule has 0 spiro atoms. The average molecular weight is 1360 g/mol. The summed E-state index contributed by atoms with van der Waals surface area (Å²) in [6, 6.07) is 11.5. The first-order chi connectivity index (χ1) is 42.6. The number of nitrogens with zero attached hydrogens (tertiary/aromatic N) is 7. The summed E-state index contributed by atoms with van der Waals surface area (Å²) in [6.45, 7) is 0.824. The van der Waals surface area contributed by atoms with E-state index in [0.29, 0.717) is 43.4 Å². The van der Waals surface area contributed by atoms with E-state index in [4.69, 9.17) is 9.47 Å². The third-order valence-electron chi connectivity index (χ3n) is 15.7. The molecular weight excluding hydrogens is 1280 g/mol. The Hall–Kier alpha value is -7.02. The fourth-order valence-corrected chi connectivity index (χ4v) is 11.4. The molecule has 0 saturated carbocycles. The zero-order valence-corrected chi connectivity index (χ0v) is 51.9. The highest BCUT2D eigenvalue weighted by Gasteiger charge is 2.50. The molecule has 4 aliphatic rings. The number of likely N-dealkylation sites (tertiary alicyclic amines) is 1. The van der Waals surface area contributed by atoms with Gasteiger partial charge in [-0.25, -0.2) is 8.78 Å². The number of fused-ring (bicyclic) bond motifs is 1. The fraction of sp³-hybridized carbons (Fsp3) is 0.610. The number of ether oxygens (including phenoxy) is 2. The molecule has 2 aromatic carbocycles. The molecule has 1 unspecified atom stereocenters. The van der Waals surface area contributed by atoms with Crippen LogP contribution < -0.4 is 26.6 Å². The number of carbonyl (C=O) groups is 10. The molecule has 0 bridgehead atoms. The fourth-order valence-electron chi connectivity index (χ4n) is 11.0. The van der Waals surface area contributed by atoms with Crippen molar-refractivity contribution >= 4 is 81.8 Å². The van der Waals surface area contributed by atoms with Gasteiger partial charge in [-0.1, -0.05) is 24.3 Å². The number of hydrogen-bond donors (Lipinski definition) is 8. The van der Waals surface area contributed by atoms with Crippen molar-refractivity contribution in [2.75, 3.05) is 131 Å². The number of aliphatic carboxylic acids is 3. The van der Waals surface area contributed by atoms with Gasteiger partial charge in [-0.05, 0) is 96.0 Å². The van der Waals surface area contributed by atoms with Crippen LogP contribution in [0.1, 0.15) is 78.4 Å². The summed E-state index contributed by atoms with van der Waals surface area (Å²) in [5.41, 5.74) is 2.86. The van der Waals surface area contributed by atoms with E-state index in [1.807, 2.05) is 24.3 Å². The Morgan fingerprint density at radius 2 is 1.30 bits per heavy atom. The zero-order valence-electron chi connectivity index (χ0n) is 49.8. The summed E-state index contributed by atoms with van der Waals surface area (Å²) in [5.74, 6) is -10.6. The van der Waals surface area contributed by atoms with E-state index in [1.165, 1.54) is 4.90 Å². The Labute approximate surface area is 528 Å². The zero-order chi connectivity index (χ0) is 64.5. The first-order valence-electron chi connectivity index (χ1n) is 29.9. The third-order valence-corrected chi connectivity index (χ3v) is 16.4. The molecule has 0 radical (unpaired) electrons. The summed E-state index contributed by atoms with van der Waals surface area (Å²) in [4.78, 5) is 137. The molecule has 0 aromatic heterocycles. The van der Waals surface area contributed by atoms with Gasteiger partial charge in [0.1, 0.15) is 18.1 Å². The van der Waals surface area contributed by atoms with Gasteiger partial charge in [0, 0.05) is 119 Å². The van der Waals surface area contributed by atoms with Gasteiger partial charge in [-0.15, -0.1) is 0 Å². The van der Waals surface area contributed by atoms with Crippen LogP contribution in [0.2, 0.25) is 0 Å². The summed E-state index contributed by atoms with van der Waals surface area (Å²) in [6.07, 6.45) is 1.85. The van der Waals surface area contributed by atoms with Crippen LogP contribution in [0.3, 0.4) is 0 Å². The van der Waals surface area contributed by atoms with E-state index in [0.717, 1.165) is 26.0 Å². The van der Waals surface area contributed by atoms with Crippen LogP contribution in [0.15, 0.2) is 42.5 Å². The second kappa shape index (κ2) is 36.0. The lowest BCUT2D eigenvalue weighted by Crippen LogP contribution is -2.52. The van der Waals surface area contributed by atoms with Crippen molar-refractivity contribution in [1.29, 1.82) is 5.26 Å². The van der Waals surface area contributed by atoms with Crippen LogP contribution in [-0.4, -0.2) is 259 Å². The molecule has 6 rings (SSSR count). The number of carboxylic acids is 3. The lowest BCUT2D eigenvalue weighted by atomic mass is 9.99. The standard InChI is InChI=1S/C59H81F2IN12O15/c60-59(61)31-44(32-63)74(39-59)58(87)48-29-42(55(84)68-48)30-51(77)73-33-41-6-4-7-45(46(41)34-73)56(85)65-15-25-88-27-28-89-26-16-66-57(86)47(8-1-2-14-64-49(75)9-3-5-40-10-12-43(62)13-11-40)67-50(76)35-69-17-19-70(36-52(78)79)21-23-72(38-54(82)83)24-22-71(20-18-69)37-53(80)81/h4,6-7,10-13,42,44,47-48H,1-3,5,8-9,14-31,33-39H2,(H,64,75)(H,65,85)(H,66,86)(H,67,76)(H,68,84)(H,78,79)(H,80,81)(H,82,83)/t42-,44-,47?,48-/m0/s1. The number of benzene rings is 2. The van der Waals surface area contributed by atoms with E-state index >= 15 is 0 Å². The minimum Gasteiger partial charge on any atom is -0.480 e. The van der Waals surface area contributed by atoms with Crippen LogP contribution >= 0.6 is 22.6 Å². The maximum absolute atomic E-state index is 14.0. The molecule has 3 saturated heterocycles. The van der Waals surface area contributed by atoms with Crippen molar-refractivity contribution in [1.82, 2.24) is 56.0 Å². The van der Waals surface area contributed by atoms with Gasteiger partial charge in [-0.2, -0.15) is 5.26 Å². The third kappa shape index (κ3) is 24.4. The lowest BCUT2D eigenvalue weighted by molar-refractivity contribution is -0.140. The SMILES string of the molecule is N#C[C@@H]1CC(F)(F)CN1C(=O)[C@@H]1C[C@@H](CC(=O)N2Cc3cccc(C(=O)NCCOCCOCCNC(=O)C(CCCCNC(=O)CCCc4ccc(I)cc4)NC(=O)CN4CCN(CC(=O)O)CCN(CC(=O)O)CCN(CC(=O)O)CC4)c3C2)C(=O)N1. The number of nitriles is 1. The molecule has 4 atom stereocenters. The number of nitrogens with one attached hydrogen (secondary N) is 5. The van der Waals surface area contributed by atoms with E-state index in [1.54, 1.807) is 43.9 Å². The molecule has 0 aliphatic carbocycles. The van der Waals surface area contributed by atoms with Crippen molar-refractivity contribution in [3.63, 3.8) is 0 Å². The number of alkyl halides is 2. The van der Waals surface area contributed by atoms with Gasteiger partial charge in [0.2, 0.25) is 35.4 Å². The van der Waals surface area contributed by atoms with E-state index in [9.17, 15) is 77.3 Å². The largest absolute Gasteiger partial charge is 0.480 e.